The number of benzene rings is 1. The van der Waals surface area contributed by atoms with Crippen LogP contribution in [0.1, 0.15) is 11.1 Å². The second kappa shape index (κ2) is 6.14. The first-order valence-corrected chi connectivity index (χ1v) is 7.67. The number of hydrogen-bond donors (Lipinski definition) is 3. The third kappa shape index (κ3) is 3.18. The molecule has 27 heavy (non-hydrogen) atoms. The Morgan fingerprint density at radius 1 is 1.15 bits per heavy atom. The molecule has 0 radical (unpaired) electrons. The summed E-state index contributed by atoms with van der Waals surface area (Å²) < 4.78 is 40.3. The summed E-state index contributed by atoms with van der Waals surface area (Å²) in [6.45, 7) is 0. The fraction of sp³-hybridized carbons (Fsp3) is 0.0588. The van der Waals surface area contributed by atoms with Gasteiger partial charge in [-0.15, -0.1) is 0 Å². The molecule has 10 heteroatoms. The van der Waals surface area contributed by atoms with Crippen molar-refractivity contribution >= 4 is 22.5 Å². The first-order chi connectivity index (χ1) is 12.9. The lowest BCUT2D eigenvalue weighted by molar-refractivity contribution is -0.137. The van der Waals surface area contributed by atoms with E-state index in [9.17, 15) is 13.2 Å². The van der Waals surface area contributed by atoms with E-state index in [0.717, 1.165) is 6.20 Å². The van der Waals surface area contributed by atoms with Crippen molar-refractivity contribution in [2.75, 3.05) is 5.32 Å². The zero-order valence-electron chi connectivity index (χ0n) is 13.5. The molecule has 0 amide bonds. The molecule has 0 saturated heterocycles. The van der Waals surface area contributed by atoms with E-state index in [1.54, 1.807) is 24.3 Å². The predicted molar refractivity (Wildman–Crippen MR) is 90.9 cm³/mol. The van der Waals surface area contributed by atoms with Gasteiger partial charge >= 0.3 is 6.18 Å². The number of nitrogens with one attached hydrogen (secondary N) is 3. The number of halogens is 3. The van der Waals surface area contributed by atoms with Crippen LogP contribution in [-0.4, -0.2) is 25.1 Å². The minimum Gasteiger partial charge on any atom is -0.353 e. The standard InChI is InChI=1S/C17H10F3N7/c18-17(19,20)12-8-22-16(25-11-6-23-24-7-11)27-15(12)14-4-10-2-1-9(5-21)3-13(10)26-14/h1-4,6-8,26H,(H,23,24)(H,22,25,27). The van der Waals surface area contributed by atoms with Crippen molar-refractivity contribution in [3.63, 3.8) is 0 Å². The maximum Gasteiger partial charge on any atom is 0.420 e. The van der Waals surface area contributed by atoms with Gasteiger partial charge in [-0.05, 0) is 18.2 Å². The monoisotopic (exact) mass is 369 g/mol. The molecular weight excluding hydrogens is 359 g/mol. The third-order valence-corrected chi connectivity index (χ3v) is 3.86. The molecule has 0 saturated carbocycles. The lowest BCUT2D eigenvalue weighted by Crippen LogP contribution is -2.11. The SMILES string of the molecule is N#Cc1ccc2cc(-c3nc(Nc4cn[nH]c4)ncc3C(F)(F)F)[nH]c2c1. The zero-order valence-corrected chi connectivity index (χ0v) is 13.5. The van der Waals surface area contributed by atoms with Crippen LogP contribution >= 0.6 is 0 Å². The second-order valence-corrected chi connectivity index (χ2v) is 5.66. The Bertz CT molecular complexity index is 1150. The van der Waals surface area contributed by atoms with Crippen molar-refractivity contribution in [1.82, 2.24) is 25.1 Å². The Kier molecular flexibility index (Phi) is 3.77. The molecule has 4 rings (SSSR count). The summed E-state index contributed by atoms with van der Waals surface area (Å²) in [6, 6.07) is 8.37. The molecule has 7 nitrogen and oxygen atoms in total. The van der Waals surface area contributed by atoms with Gasteiger partial charge in [0.2, 0.25) is 5.95 Å². The lowest BCUT2D eigenvalue weighted by Gasteiger charge is -2.12. The summed E-state index contributed by atoms with van der Waals surface area (Å²) in [6.07, 6.45) is -0.921. The van der Waals surface area contributed by atoms with Crippen LogP contribution in [0, 0.1) is 11.3 Å². The first kappa shape index (κ1) is 16.6. The van der Waals surface area contributed by atoms with E-state index in [1.807, 2.05) is 6.07 Å². The van der Waals surface area contributed by atoms with Crippen LogP contribution in [0.25, 0.3) is 22.3 Å². The largest absolute Gasteiger partial charge is 0.420 e. The maximum absolute atomic E-state index is 13.4. The minimum absolute atomic E-state index is 0.00392. The summed E-state index contributed by atoms with van der Waals surface area (Å²) in [7, 11) is 0. The molecule has 3 aromatic heterocycles. The number of aromatic amines is 2. The van der Waals surface area contributed by atoms with Gasteiger partial charge < -0.3 is 10.3 Å². The van der Waals surface area contributed by atoms with Gasteiger partial charge in [0.05, 0.1) is 29.2 Å². The van der Waals surface area contributed by atoms with Crippen molar-refractivity contribution in [3.05, 3.63) is 54.0 Å². The predicted octanol–water partition coefficient (Wildman–Crippen LogP) is 3.98. The average Bonchev–Trinajstić information content (AvgIpc) is 3.29. The maximum atomic E-state index is 13.4. The Morgan fingerprint density at radius 3 is 2.70 bits per heavy atom. The number of nitriles is 1. The topological polar surface area (TPSA) is 106 Å². The number of fused-ring (bicyclic) bond motifs is 1. The van der Waals surface area contributed by atoms with E-state index in [1.165, 1.54) is 12.4 Å². The molecule has 0 aliphatic heterocycles. The van der Waals surface area contributed by atoms with Gasteiger partial charge in [-0.2, -0.15) is 23.5 Å². The Balaban J connectivity index is 1.84. The van der Waals surface area contributed by atoms with Crippen LogP contribution in [0.3, 0.4) is 0 Å². The minimum atomic E-state index is -4.63. The van der Waals surface area contributed by atoms with E-state index >= 15 is 0 Å². The van der Waals surface area contributed by atoms with Crippen molar-refractivity contribution in [2.24, 2.45) is 0 Å². The zero-order chi connectivity index (χ0) is 19.0. The van der Waals surface area contributed by atoms with E-state index < -0.39 is 11.7 Å². The number of hydrogen-bond acceptors (Lipinski definition) is 5. The van der Waals surface area contributed by atoms with Gasteiger partial charge in [0.1, 0.15) is 11.3 Å². The fourth-order valence-electron chi connectivity index (χ4n) is 2.63. The highest BCUT2D eigenvalue weighted by Crippen LogP contribution is 2.37. The molecule has 4 aromatic rings. The highest BCUT2D eigenvalue weighted by atomic mass is 19.4. The summed E-state index contributed by atoms with van der Waals surface area (Å²) in [5.41, 5.74) is 0.365. The number of aromatic nitrogens is 5. The Hall–Kier alpha value is -3.87. The van der Waals surface area contributed by atoms with E-state index in [0.29, 0.717) is 22.2 Å². The van der Waals surface area contributed by atoms with E-state index in [2.05, 4.69) is 30.5 Å². The second-order valence-electron chi connectivity index (χ2n) is 5.66. The highest BCUT2D eigenvalue weighted by molar-refractivity contribution is 5.86. The molecule has 3 heterocycles. The normalized spacial score (nSPS) is 11.5. The molecule has 134 valence electrons. The average molecular weight is 369 g/mol. The molecule has 0 unspecified atom stereocenters. The summed E-state index contributed by atoms with van der Waals surface area (Å²) >= 11 is 0. The summed E-state index contributed by atoms with van der Waals surface area (Å²) in [5, 5.41) is 18.8. The highest BCUT2D eigenvalue weighted by Gasteiger charge is 2.36. The molecule has 0 atom stereocenters. The number of H-pyrrole nitrogens is 2. The van der Waals surface area contributed by atoms with Gasteiger partial charge in [0.25, 0.3) is 0 Å². The van der Waals surface area contributed by atoms with Gasteiger partial charge in [-0.3, -0.25) is 5.10 Å². The smallest absolute Gasteiger partial charge is 0.353 e. The van der Waals surface area contributed by atoms with Crippen LogP contribution in [0.4, 0.5) is 24.8 Å². The van der Waals surface area contributed by atoms with Gasteiger partial charge in [0.15, 0.2) is 0 Å². The molecule has 0 spiro atoms. The van der Waals surface area contributed by atoms with E-state index in [4.69, 9.17) is 5.26 Å². The summed E-state index contributed by atoms with van der Waals surface area (Å²) in [4.78, 5) is 10.7. The number of anilines is 2. The molecule has 0 bridgehead atoms. The number of nitrogens with zero attached hydrogens (tertiary/aromatic N) is 4. The van der Waals surface area contributed by atoms with E-state index in [-0.39, 0.29) is 17.3 Å². The van der Waals surface area contributed by atoms with Gasteiger partial charge in [-0.25, -0.2) is 9.97 Å². The molecule has 0 fully saturated rings. The van der Waals surface area contributed by atoms with Crippen molar-refractivity contribution < 1.29 is 13.2 Å². The first-order valence-electron chi connectivity index (χ1n) is 7.67. The lowest BCUT2D eigenvalue weighted by atomic mass is 10.1. The van der Waals surface area contributed by atoms with Crippen molar-refractivity contribution in [3.8, 4) is 17.5 Å². The fourth-order valence-corrected chi connectivity index (χ4v) is 2.63. The van der Waals surface area contributed by atoms with Gasteiger partial charge in [0, 0.05) is 23.3 Å². The van der Waals surface area contributed by atoms with Gasteiger partial charge in [-0.1, -0.05) is 6.07 Å². The van der Waals surface area contributed by atoms with Crippen LogP contribution in [0.2, 0.25) is 0 Å². The number of alkyl halides is 3. The summed E-state index contributed by atoms with van der Waals surface area (Å²) in [5.74, 6) is -0.00392. The molecule has 0 aliphatic rings. The van der Waals surface area contributed by atoms with Crippen LogP contribution in [0.5, 0.6) is 0 Å². The Labute approximate surface area is 149 Å². The van der Waals surface area contributed by atoms with Crippen LogP contribution in [0.15, 0.2) is 42.9 Å². The van der Waals surface area contributed by atoms with Crippen LogP contribution in [-0.2, 0) is 6.18 Å². The molecule has 0 aliphatic carbocycles. The molecule has 1 aromatic carbocycles. The molecular formula is C17H10F3N7. The third-order valence-electron chi connectivity index (χ3n) is 3.86. The molecule has 3 N–H and O–H groups in total. The Morgan fingerprint density at radius 2 is 2.00 bits per heavy atom. The quantitative estimate of drug-likeness (QED) is 0.506. The number of rotatable bonds is 3. The van der Waals surface area contributed by atoms with Crippen LogP contribution < -0.4 is 5.32 Å². The van der Waals surface area contributed by atoms with Crippen molar-refractivity contribution in [1.29, 1.82) is 5.26 Å². The van der Waals surface area contributed by atoms with Crippen molar-refractivity contribution in [2.45, 2.75) is 6.18 Å².